The van der Waals surface area contributed by atoms with Gasteiger partial charge in [0.1, 0.15) is 0 Å². The highest BCUT2D eigenvalue weighted by Crippen LogP contribution is 2.29. The van der Waals surface area contributed by atoms with E-state index in [-0.39, 0.29) is 5.41 Å². The standard InChI is InChI=1S/C21H38O4/c1-21(2,17-13-9-5-3-7-11-15-19(22)23)18-14-10-6-4-8-12-16-20(24)25/h1-18H2,(H,22,23)(H,24,25). The van der Waals surface area contributed by atoms with Crippen molar-refractivity contribution < 1.29 is 19.8 Å². The normalized spacial score (nSPS) is 11.6. The first kappa shape index (κ1) is 23.9. The number of rotatable bonds is 18. The summed E-state index contributed by atoms with van der Waals surface area (Å²) < 4.78 is 0. The van der Waals surface area contributed by atoms with Crippen LogP contribution in [0.5, 0.6) is 0 Å². The summed E-state index contributed by atoms with van der Waals surface area (Å²) in [6.45, 7) is 8.52. The maximum Gasteiger partial charge on any atom is 0.303 e. The summed E-state index contributed by atoms with van der Waals surface area (Å²) in [5, 5.41) is 17.1. The minimum absolute atomic E-state index is 0.0768. The van der Waals surface area contributed by atoms with Gasteiger partial charge in [-0.2, -0.15) is 0 Å². The number of unbranched alkanes of at least 4 members (excludes halogenated alkanes) is 10. The molecule has 0 unspecified atom stereocenters. The fourth-order valence-electron chi connectivity index (χ4n) is 3.09. The molecule has 25 heavy (non-hydrogen) atoms. The Morgan fingerprint density at radius 2 is 0.840 bits per heavy atom. The molecule has 0 aromatic heterocycles. The Hall–Kier alpha value is -1.06. The topological polar surface area (TPSA) is 74.6 Å². The summed E-state index contributed by atoms with van der Waals surface area (Å²) in [5.74, 6) is -1.39. The average Bonchev–Trinajstić information content (AvgIpc) is 2.51. The van der Waals surface area contributed by atoms with Gasteiger partial charge in [0.2, 0.25) is 0 Å². The lowest BCUT2D eigenvalue weighted by Crippen LogP contribution is -2.12. The molecule has 2 N–H and O–H groups in total. The van der Waals surface area contributed by atoms with Crippen molar-refractivity contribution in [2.75, 3.05) is 0 Å². The maximum atomic E-state index is 10.4. The lowest BCUT2D eigenvalue weighted by atomic mass is 9.82. The van der Waals surface area contributed by atoms with Gasteiger partial charge in [-0.1, -0.05) is 64.2 Å². The SMILES string of the molecule is [CH2]C([CH2])(CCCCCCCCC(=O)O)CCCCCCCCC(=O)O. The fraction of sp³-hybridized carbons (Fsp3) is 0.810. The van der Waals surface area contributed by atoms with Crippen LogP contribution in [-0.2, 0) is 9.59 Å². The van der Waals surface area contributed by atoms with Crippen molar-refractivity contribution in [2.45, 2.75) is 103 Å². The molecule has 0 saturated carbocycles. The Morgan fingerprint density at radius 1 is 0.560 bits per heavy atom. The zero-order valence-corrected chi connectivity index (χ0v) is 15.9. The van der Waals surface area contributed by atoms with Crippen molar-refractivity contribution in [2.24, 2.45) is 5.41 Å². The summed E-state index contributed by atoms with van der Waals surface area (Å²) in [6, 6.07) is 0. The lowest BCUT2D eigenvalue weighted by molar-refractivity contribution is -0.138. The number of hydrogen-bond acceptors (Lipinski definition) is 2. The second kappa shape index (κ2) is 15.2. The van der Waals surface area contributed by atoms with Gasteiger partial charge in [-0.15, -0.1) is 0 Å². The fourth-order valence-corrected chi connectivity index (χ4v) is 3.09. The molecule has 0 heterocycles. The molecule has 0 aliphatic heterocycles. The van der Waals surface area contributed by atoms with E-state index in [1.165, 1.54) is 25.7 Å². The first-order valence-corrected chi connectivity index (χ1v) is 9.98. The van der Waals surface area contributed by atoms with E-state index < -0.39 is 11.9 Å². The van der Waals surface area contributed by atoms with Crippen LogP contribution in [-0.4, -0.2) is 22.2 Å². The Kier molecular flexibility index (Phi) is 14.6. The van der Waals surface area contributed by atoms with Crippen molar-refractivity contribution in [3.8, 4) is 0 Å². The lowest BCUT2D eigenvalue weighted by Gasteiger charge is -2.24. The van der Waals surface area contributed by atoms with Gasteiger partial charge in [0.25, 0.3) is 0 Å². The van der Waals surface area contributed by atoms with E-state index in [9.17, 15) is 9.59 Å². The van der Waals surface area contributed by atoms with Crippen molar-refractivity contribution in [3.63, 3.8) is 0 Å². The first-order valence-electron chi connectivity index (χ1n) is 9.98. The molecule has 0 aromatic rings. The molecule has 4 heteroatoms. The van der Waals surface area contributed by atoms with Gasteiger partial charge in [-0.25, -0.2) is 0 Å². The molecule has 0 aliphatic carbocycles. The number of hydrogen-bond donors (Lipinski definition) is 2. The van der Waals surface area contributed by atoms with Crippen LogP contribution >= 0.6 is 0 Å². The van der Waals surface area contributed by atoms with E-state index in [0.29, 0.717) is 12.8 Å². The number of aliphatic carboxylic acids is 2. The molecule has 0 saturated heterocycles. The van der Waals surface area contributed by atoms with Crippen LogP contribution in [0.4, 0.5) is 0 Å². The monoisotopic (exact) mass is 354 g/mol. The molecular formula is C21H38O4. The second-order valence-electron chi connectivity index (χ2n) is 7.53. The molecule has 0 atom stereocenters. The quantitative estimate of drug-likeness (QED) is 0.294. The van der Waals surface area contributed by atoms with Crippen molar-refractivity contribution >= 4 is 11.9 Å². The Labute approximate surface area is 154 Å². The number of carbonyl (C=O) groups is 2. The molecule has 0 rings (SSSR count). The van der Waals surface area contributed by atoms with Crippen LogP contribution in [0, 0.1) is 19.3 Å². The van der Waals surface area contributed by atoms with E-state index in [4.69, 9.17) is 10.2 Å². The van der Waals surface area contributed by atoms with Gasteiger partial charge in [-0.3, -0.25) is 9.59 Å². The summed E-state index contributed by atoms with van der Waals surface area (Å²) in [7, 11) is 0. The molecular weight excluding hydrogens is 316 g/mol. The van der Waals surface area contributed by atoms with E-state index in [1.807, 2.05) is 0 Å². The summed E-state index contributed by atoms with van der Waals surface area (Å²) in [6.07, 6.45) is 15.6. The van der Waals surface area contributed by atoms with Gasteiger partial charge in [0, 0.05) is 12.8 Å². The zero-order chi connectivity index (χ0) is 19.0. The van der Waals surface area contributed by atoms with Gasteiger partial charge in [-0.05, 0) is 44.9 Å². The molecule has 0 aromatic carbocycles. The van der Waals surface area contributed by atoms with E-state index in [1.54, 1.807) is 0 Å². The summed E-state index contributed by atoms with van der Waals surface area (Å²) >= 11 is 0. The minimum Gasteiger partial charge on any atom is -0.481 e. The van der Waals surface area contributed by atoms with Crippen molar-refractivity contribution in [3.05, 3.63) is 13.8 Å². The van der Waals surface area contributed by atoms with Crippen LogP contribution in [0.3, 0.4) is 0 Å². The average molecular weight is 355 g/mol. The van der Waals surface area contributed by atoms with E-state index in [2.05, 4.69) is 13.8 Å². The Morgan fingerprint density at radius 3 is 1.16 bits per heavy atom. The molecule has 2 radical (unpaired) electrons. The minimum atomic E-state index is -0.695. The second-order valence-corrected chi connectivity index (χ2v) is 7.53. The number of carboxylic acid groups (broad SMARTS) is 2. The zero-order valence-electron chi connectivity index (χ0n) is 15.9. The molecule has 146 valence electrons. The highest BCUT2D eigenvalue weighted by Gasteiger charge is 2.16. The van der Waals surface area contributed by atoms with Crippen LogP contribution in [0.15, 0.2) is 0 Å². The van der Waals surface area contributed by atoms with Gasteiger partial charge >= 0.3 is 11.9 Å². The molecule has 4 nitrogen and oxygen atoms in total. The molecule has 0 bridgehead atoms. The van der Waals surface area contributed by atoms with Crippen LogP contribution in [0.2, 0.25) is 0 Å². The third kappa shape index (κ3) is 19.1. The largest absolute Gasteiger partial charge is 0.481 e. The summed E-state index contributed by atoms with van der Waals surface area (Å²) in [4.78, 5) is 20.8. The molecule has 0 spiro atoms. The van der Waals surface area contributed by atoms with Gasteiger partial charge in [0.15, 0.2) is 0 Å². The Balaban J connectivity index is 3.40. The highest BCUT2D eigenvalue weighted by atomic mass is 16.4. The van der Waals surface area contributed by atoms with Crippen molar-refractivity contribution in [1.29, 1.82) is 0 Å². The van der Waals surface area contributed by atoms with E-state index in [0.717, 1.165) is 64.2 Å². The Bertz CT molecular complexity index is 318. The van der Waals surface area contributed by atoms with Crippen LogP contribution < -0.4 is 0 Å². The third-order valence-electron chi connectivity index (χ3n) is 4.70. The third-order valence-corrected chi connectivity index (χ3v) is 4.70. The highest BCUT2D eigenvalue weighted by molar-refractivity contribution is 5.66. The molecule has 0 aliphatic rings. The predicted octanol–water partition coefficient (Wildman–Crippen LogP) is 6.05. The van der Waals surface area contributed by atoms with Crippen molar-refractivity contribution in [1.82, 2.24) is 0 Å². The van der Waals surface area contributed by atoms with Crippen LogP contribution in [0.1, 0.15) is 103 Å². The first-order chi connectivity index (χ1) is 11.8. The van der Waals surface area contributed by atoms with Gasteiger partial charge < -0.3 is 10.2 Å². The summed E-state index contributed by atoms with van der Waals surface area (Å²) in [5.41, 5.74) is -0.0768. The van der Waals surface area contributed by atoms with Gasteiger partial charge in [0.05, 0.1) is 0 Å². The maximum absolute atomic E-state index is 10.4. The number of carboxylic acids is 2. The predicted molar refractivity (Wildman–Crippen MR) is 102 cm³/mol. The smallest absolute Gasteiger partial charge is 0.303 e. The van der Waals surface area contributed by atoms with E-state index >= 15 is 0 Å². The molecule has 0 fully saturated rings. The van der Waals surface area contributed by atoms with Crippen LogP contribution in [0.25, 0.3) is 0 Å². The molecule has 0 amide bonds.